The van der Waals surface area contributed by atoms with Crippen molar-refractivity contribution >= 4 is 12.0 Å². The van der Waals surface area contributed by atoms with Gasteiger partial charge in [0.1, 0.15) is 0 Å². The first-order valence-corrected chi connectivity index (χ1v) is 4.11. The lowest BCUT2D eigenvalue weighted by Crippen LogP contribution is -2.32. The number of hydrogen-bond acceptors (Lipinski definition) is 2. The minimum atomic E-state index is -1.88. The molecular weight excluding hydrogens is 190 g/mol. The Morgan fingerprint density at radius 1 is 1.29 bits per heavy atom. The normalized spacial score (nSPS) is 12.2. The van der Waals surface area contributed by atoms with Gasteiger partial charge < -0.3 is 9.84 Å². The molecule has 0 bridgehead atoms. The van der Waals surface area contributed by atoms with Crippen LogP contribution in [-0.4, -0.2) is 6.61 Å². The minimum Gasteiger partial charge on any atom is -0.613 e. The molecule has 0 spiro atoms. The summed E-state index contributed by atoms with van der Waals surface area (Å²) >= 11 is 0. The fourth-order valence-corrected chi connectivity index (χ4v) is 1.03. The monoisotopic (exact) mass is 199 g/mol. The smallest absolute Gasteiger partial charge is 0.278 e. The van der Waals surface area contributed by atoms with Crippen molar-refractivity contribution in [2.24, 2.45) is 0 Å². The molecule has 0 saturated heterocycles. The third-order valence-corrected chi connectivity index (χ3v) is 1.63. The average molecular weight is 199 g/mol. The molecule has 76 valence electrons. The van der Waals surface area contributed by atoms with Crippen LogP contribution >= 0.6 is 0 Å². The SMILES string of the molecule is CCO/C([O-])=c1/ccccc1=C(F)F. The fraction of sp³-hybridized carbons (Fsp3) is 0.200. The second-order valence-electron chi connectivity index (χ2n) is 2.53. The summed E-state index contributed by atoms with van der Waals surface area (Å²) in [7, 11) is 0. The molecule has 14 heavy (non-hydrogen) atoms. The highest BCUT2D eigenvalue weighted by atomic mass is 19.3. The minimum absolute atomic E-state index is 0.102. The van der Waals surface area contributed by atoms with Crippen LogP contribution in [-0.2, 0) is 4.74 Å². The number of benzene rings is 1. The Morgan fingerprint density at radius 3 is 2.36 bits per heavy atom. The highest BCUT2D eigenvalue weighted by Gasteiger charge is 1.95. The van der Waals surface area contributed by atoms with Crippen LogP contribution < -0.4 is 15.5 Å². The quantitative estimate of drug-likeness (QED) is 0.679. The van der Waals surface area contributed by atoms with Crippen molar-refractivity contribution in [3.05, 3.63) is 34.7 Å². The zero-order valence-electron chi connectivity index (χ0n) is 7.59. The van der Waals surface area contributed by atoms with Crippen LogP contribution in [0.1, 0.15) is 6.92 Å². The van der Waals surface area contributed by atoms with Gasteiger partial charge in [-0.25, -0.2) is 0 Å². The van der Waals surface area contributed by atoms with Gasteiger partial charge in [-0.1, -0.05) is 25.1 Å². The molecule has 0 radical (unpaired) electrons. The van der Waals surface area contributed by atoms with Crippen molar-refractivity contribution in [1.29, 1.82) is 0 Å². The Balaban J connectivity index is 3.50. The van der Waals surface area contributed by atoms with Gasteiger partial charge in [0.2, 0.25) is 0 Å². The molecule has 1 aromatic rings. The molecule has 0 aromatic heterocycles. The van der Waals surface area contributed by atoms with E-state index in [2.05, 4.69) is 4.74 Å². The van der Waals surface area contributed by atoms with Crippen molar-refractivity contribution in [3.8, 4) is 0 Å². The first-order chi connectivity index (χ1) is 6.66. The zero-order chi connectivity index (χ0) is 10.6. The van der Waals surface area contributed by atoms with E-state index < -0.39 is 12.0 Å². The van der Waals surface area contributed by atoms with Crippen LogP contribution in [0.25, 0.3) is 12.0 Å². The molecule has 2 nitrogen and oxygen atoms in total. The Labute approximate surface area is 79.8 Å². The number of rotatable bonds is 2. The molecule has 0 fully saturated rings. The van der Waals surface area contributed by atoms with Crippen molar-refractivity contribution in [2.45, 2.75) is 6.92 Å². The van der Waals surface area contributed by atoms with Crippen LogP contribution in [0.2, 0.25) is 0 Å². The Morgan fingerprint density at radius 2 is 1.86 bits per heavy atom. The van der Waals surface area contributed by atoms with E-state index >= 15 is 0 Å². The second kappa shape index (κ2) is 4.60. The largest absolute Gasteiger partial charge is 0.613 e. The summed E-state index contributed by atoms with van der Waals surface area (Å²) in [4.78, 5) is 0. The maximum Gasteiger partial charge on any atom is 0.278 e. The van der Waals surface area contributed by atoms with E-state index in [0.717, 1.165) is 0 Å². The molecule has 0 heterocycles. The van der Waals surface area contributed by atoms with Crippen LogP contribution in [0.4, 0.5) is 8.78 Å². The Kier molecular flexibility index (Phi) is 3.45. The van der Waals surface area contributed by atoms with Crippen LogP contribution in [0.15, 0.2) is 24.3 Å². The van der Waals surface area contributed by atoms with E-state index in [1.165, 1.54) is 24.3 Å². The van der Waals surface area contributed by atoms with E-state index in [4.69, 9.17) is 0 Å². The average Bonchev–Trinajstić information content (AvgIpc) is 2.18. The lowest BCUT2D eigenvalue weighted by atomic mass is 10.2. The maximum absolute atomic E-state index is 12.3. The lowest BCUT2D eigenvalue weighted by molar-refractivity contribution is -0.291. The predicted octanol–water partition coefficient (Wildman–Crippen LogP) is 0.154. The molecule has 1 rings (SSSR count). The summed E-state index contributed by atoms with van der Waals surface area (Å²) in [5.74, 6) is -0.726. The van der Waals surface area contributed by atoms with Crippen LogP contribution in [0, 0.1) is 0 Å². The summed E-state index contributed by atoms with van der Waals surface area (Å²) in [6.45, 7) is 1.79. The van der Waals surface area contributed by atoms with Crippen LogP contribution in [0.5, 0.6) is 0 Å². The van der Waals surface area contributed by atoms with Crippen molar-refractivity contribution in [1.82, 2.24) is 0 Å². The third kappa shape index (κ3) is 2.22. The predicted molar refractivity (Wildman–Crippen MR) is 46.4 cm³/mol. The molecule has 0 saturated carbocycles. The first-order valence-electron chi connectivity index (χ1n) is 4.11. The number of halogens is 2. The lowest BCUT2D eigenvalue weighted by Gasteiger charge is -2.12. The van der Waals surface area contributed by atoms with Gasteiger partial charge in [-0.3, -0.25) is 0 Å². The van der Waals surface area contributed by atoms with Crippen molar-refractivity contribution < 1.29 is 18.6 Å². The summed E-state index contributed by atoms with van der Waals surface area (Å²) in [5.41, 5.74) is 0. The molecule has 0 atom stereocenters. The third-order valence-electron chi connectivity index (χ3n) is 1.63. The molecular formula is C10H9F2O2-. The van der Waals surface area contributed by atoms with Gasteiger partial charge in [0, 0.05) is 10.4 Å². The fourth-order valence-electron chi connectivity index (χ4n) is 1.03. The standard InChI is InChI=1S/C10H10F2O2/c1-2-14-10(13)8-6-4-3-5-7(8)9(11)12/h3-6,13H,2H2,1H3/p-1/b10-8-. The second-order valence-corrected chi connectivity index (χ2v) is 2.53. The summed E-state index contributed by atoms with van der Waals surface area (Å²) in [5, 5.41) is 10.7. The summed E-state index contributed by atoms with van der Waals surface area (Å²) in [6, 6.07) is 5.45. The number of ether oxygens (including phenoxy) is 1. The van der Waals surface area contributed by atoms with Gasteiger partial charge in [0.15, 0.2) is 0 Å². The van der Waals surface area contributed by atoms with E-state index in [9.17, 15) is 13.9 Å². The summed E-state index contributed by atoms with van der Waals surface area (Å²) in [6.07, 6.45) is -1.88. The molecule has 0 unspecified atom stereocenters. The van der Waals surface area contributed by atoms with Gasteiger partial charge in [-0.15, -0.1) is 0 Å². The van der Waals surface area contributed by atoms with Gasteiger partial charge in [0.05, 0.1) is 5.95 Å². The van der Waals surface area contributed by atoms with Crippen LogP contribution in [0.3, 0.4) is 0 Å². The molecule has 0 N–H and O–H groups in total. The molecule has 0 aliphatic carbocycles. The Bertz CT molecular complexity index is 422. The molecule has 1 aromatic carbocycles. The topological polar surface area (TPSA) is 32.3 Å². The van der Waals surface area contributed by atoms with E-state index in [1.54, 1.807) is 6.92 Å². The molecule has 4 heteroatoms. The maximum atomic E-state index is 12.3. The molecule has 0 amide bonds. The van der Waals surface area contributed by atoms with Crippen molar-refractivity contribution in [3.63, 3.8) is 0 Å². The molecule has 0 aliphatic heterocycles. The van der Waals surface area contributed by atoms with Crippen molar-refractivity contribution in [2.75, 3.05) is 6.61 Å². The Hall–Kier alpha value is -1.58. The van der Waals surface area contributed by atoms with E-state index in [0.29, 0.717) is 0 Å². The first kappa shape index (κ1) is 10.5. The number of hydrogen-bond donors (Lipinski definition) is 0. The zero-order valence-corrected chi connectivity index (χ0v) is 7.59. The van der Waals surface area contributed by atoms with Gasteiger partial charge in [-0.05, 0) is 12.7 Å². The van der Waals surface area contributed by atoms with Gasteiger partial charge in [0.25, 0.3) is 6.08 Å². The highest BCUT2D eigenvalue weighted by molar-refractivity contribution is 5.33. The molecule has 0 aliphatic rings. The van der Waals surface area contributed by atoms with Gasteiger partial charge >= 0.3 is 0 Å². The summed E-state index contributed by atoms with van der Waals surface area (Å²) < 4.78 is 29.3. The van der Waals surface area contributed by atoms with Gasteiger partial charge in [-0.2, -0.15) is 8.78 Å². The van der Waals surface area contributed by atoms with E-state index in [-0.39, 0.29) is 17.0 Å². The van der Waals surface area contributed by atoms with E-state index in [1.807, 2.05) is 0 Å². The highest BCUT2D eigenvalue weighted by Crippen LogP contribution is 1.92.